The molecule has 0 aliphatic carbocycles. The van der Waals surface area contributed by atoms with E-state index in [1.807, 2.05) is 0 Å². The van der Waals surface area contributed by atoms with Crippen molar-refractivity contribution in [1.82, 2.24) is 9.88 Å². The molecule has 1 amide bonds. The zero-order chi connectivity index (χ0) is 24.5. The molecule has 0 bridgehead atoms. The molecule has 3 N–H and O–H groups in total. The maximum atomic E-state index is 12.9. The second kappa shape index (κ2) is 9.16. The minimum absolute atomic E-state index is 0.0635. The summed E-state index contributed by atoms with van der Waals surface area (Å²) in [5.41, 5.74) is 0.720. The minimum Gasteiger partial charge on any atom is -0.481 e. The van der Waals surface area contributed by atoms with Gasteiger partial charge < -0.3 is 19.7 Å². The average Bonchev–Trinajstić information content (AvgIpc) is 3.25. The van der Waals surface area contributed by atoms with Gasteiger partial charge in [0.1, 0.15) is 24.1 Å². The van der Waals surface area contributed by atoms with Crippen LogP contribution in [0.4, 0.5) is 18.9 Å². The van der Waals surface area contributed by atoms with Crippen molar-refractivity contribution in [3.63, 3.8) is 0 Å². The number of nitrogens with zero attached hydrogens (tertiary/aromatic N) is 2. The fraction of sp³-hybridized carbons (Fsp3) is 0.304. The second-order valence-corrected chi connectivity index (χ2v) is 8.01. The van der Waals surface area contributed by atoms with Crippen LogP contribution in [0.5, 0.6) is 0 Å². The van der Waals surface area contributed by atoms with Crippen LogP contribution >= 0.6 is 0 Å². The lowest BCUT2D eigenvalue weighted by atomic mass is 9.97. The molecule has 1 aliphatic rings. The number of carboxylic acid groups (broad SMARTS) is 1. The number of likely N-dealkylation sites (tertiary alicyclic amines) is 1. The monoisotopic (exact) mass is 474 g/mol. The number of halogens is 3. The number of hydrogen-bond donors (Lipinski definition) is 3. The Morgan fingerprint density at radius 2 is 1.91 bits per heavy atom. The van der Waals surface area contributed by atoms with Crippen LogP contribution < -0.4 is 5.32 Å². The molecular formula is C23H21F3N4O4. The highest BCUT2D eigenvalue weighted by molar-refractivity contribution is 6.19. The Morgan fingerprint density at radius 1 is 1.21 bits per heavy atom. The van der Waals surface area contributed by atoms with E-state index in [4.69, 9.17) is 14.9 Å². The SMILES string of the molecule is N=C(c1cnc(C(=O)N2CCC(C(=O)O)CC2)cc1NCC(F)(F)F)c1coc2ccccc12. The lowest BCUT2D eigenvalue weighted by molar-refractivity contribution is -0.143. The van der Waals surface area contributed by atoms with Gasteiger partial charge in [-0.25, -0.2) is 0 Å². The summed E-state index contributed by atoms with van der Waals surface area (Å²) in [7, 11) is 0. The van der Waals surface area contributed by atoms with E-state index in [9.17, 15) is 22.8 Å². The lowest BCUT2D eigenvalue weighted by Crippen LogP contribution is -2.40. The first-order chi connectivity index (χ1) is 16.1. The van der Waals surface area contributed by atoms with E-state index in [1.165, 1.54) is 23.4 Å². The third-order valence-corrected chi connectivity index (χ3v) is 5.75. The first-order valence-electron chi connectivity index (χ1n) is 10.5. The van der Waals surface area contributed by atoms with Crippen molar-refractivity contribution in [3.8, 4) is 0 Å². The Morgan fingerprint density at radius 3 is 2.59 bits per heavy atom. The molecule has 0 radical (unpaired) electrons. The normalized spacial score (nSPS) is 14.9. The zero-order valence-electron chi connectivity index (χ0n) is 17.9. The molecule has 2 aromatic heterocycles. The van der Waals surface area contributed by atoms with Crippen LogP contribution in [0.15, 0.2) is 47.2 Å². The van der Waals surface area contributed by atoms with Crippen molar-refractivity contribution in [2.24, 2.45) is 5.92 Å². The number of alkyl halides is 3. The number of nitrogens with one attached hydrogen (secondary N) is 2. The highest BCUT2D eigenvalue weighted by Gasteiger charge is 2.30. The largest absolute Gasteiger partial charge is 0.481 e. The van der Waals surface area contributed by atoms with Crippen molar-refractivity contribution >= 4 is 34.2 Å². The third-order valence-electron chi connectivity index (χ3n) is 5.75. The number of carbonyl (C=O) groups excluding carboxylic acids is 1. The van der Waals surface area contributed by atoms with Gasteiger partial charge in [0.2, 0.25) is 0 Å². The molecule has 0 saturated carbocycles. The number of amides is 1. The van der Waals surface area contributed by atoms with Crippen LogP contribution in [0.25, 0.3) is 11.0 Å². The van der Waals surface area contributed by atoms with Gasteiger partial charge in [0.15, 0.2) is 0 Å². The van der Waals surface area contributed by atoms with Crippen molar-refractivity contribution in [2.75, 3.05) is 25.0 Å². The molecule has 1 saturated heterocycles. The van der Waals surface area contributed by atoms with Gasteiger partial charge in [-0.1, -0.05) is 18.2 Å². The topological polar surface area (TPSA) is 120 Å². The number of anilines is 1. The number of carbonyl (C=O) groups is 2. The number of para-hydroxylation sites is 1. The summed E-state index contributed by atoms with van der Waals surface area (Å²) in [5, 5.41) is 20.6. The Hall–Kier alpha value is -3.89. The van der Waals surface area contributed by atoms with Crippen molar-refractivity contribution < 1.29 is 32.3 Å². The molecule has 4 rings (SSSR count). The summed E-state index contributed by atoms with van der Waals surface area (Å²) in [4.78, 5) is 29.6. The van der Waals surface area contributed by atoms with Gasteiger partial charge in [-0.05, 0) is 25.0 Å². The van der Waals surface area contributed by atoms with Gasteiger partial charge in [0, 0.05) is 41.5 Å². The maximum absolute atomic E-state index is 12.9. The fourth-order valence-corrected chi connectivity index (χ4v) is 3.92. The van der Waals surface area contributed by atoms with Gasteiger partial charge >= 0.3 is 12.1 Å². The van der Waals surface area contributed by atoms with Crippen molar-refractivity contribution in [3.05, 3.63) is 59.6 Å². The Bertz CT molecular complexity index is 1250. The van der Waals surface area contributed by atoms with E-state index in [0.29, 0.717) is 16.5 Å². The Kier molecular flexibility index (Phi) is 6.27. The summed E-state index contributed by atoms with van der Waals surface area (Å²) >= 11 is 0. The quantitative estimate of drug-likeness (QED) is 0.462. The predicted octanol–water partition coefficient (Wildman–Crippen LogP) is 4.15. The van der Waals surface area contributed by atoms with Gasteiger partial charge in [-0.2, -0.15) is 13.2 Å². The van der Waals surface area contributed by atoms with Crippen LogP contribution in [0, 0.1) is 11.3 Å². The number of aromatic nitrogens is 1. The summed E-state index contributed by atoms with van der Waals surface area (Å²) in [5.74, 6) is -1.96. The number of fused-ring (bicyclic) bond motifs is 1. The van der Waals surface area contributed by atoms with Crippen molar-refractivity contribution in [1.29, 1.82) is 5.41 Å². The fourth-order valence-electron chi connectivity index (χ4n) is 3.92. The molecule has 1 aromatic carbocycles. The number of piperidine rings is 1. The van der Waals surface area contributed by atoms with Gasteiger partial charge in [-0.15, -0.1) is 0 Å². The van der Waals surface area contributed by atoms with E-state index >= 15 is 0 Å². The van der Waals surface area contributed by atoms with E-state index < -0.39 is 30.5 Å². The summed E-state index contributed by atoms with van der Waals surface area (Å²) < 4.78 is 44.3. The van der Waals surface area contributed by atoms with Crippen molar-refractivity contribution in [2.45, 2.75) is 19.0 Å². The molecule has 3 heterocycles. The molecule has 0 atom stereocenters. The molecule has 1 fully saturated rings. The number of rotatable bonds is 6. The highest BCUT2D eigenvalue weighted by atomic mass is 19.4. The van der Waals surface area contributed by atoms with E-state index in [-0.39, 0.29) is 48.6 Å². The number of furan rings is 1. The number of hydrogen-bond acceptors (Lipinski definition) is 6. The number of carboxylic acids is 1. The van der Waals surface area contributed by atoms with Gasteiger partial charge in [-0.3, -0.25) is 20.0 Å². The van der Waals surface area contributed by atoms with Crippen LogP contribution in [0.1, 0.15) is 34.5 Å². The molecule has 11 heteroatoms. The maximum Gasteiger partial charge on any atom is 0.405 e. The second-order valence-electron chi connectivity index (χ2n) is 8.01. The van der Waals surface area contributed by atoms with Gasteiger partial charge in [0.05, 0.1) is 11.6 Å². The first kappa shape index (κ1) is 23.3. The van der Waals surface area contributed by atoms with E-state index in [0.717, 1.165) is 0 Å². The molecule has 0 unspecified atom stereocenters. The van der Waals surface area contributed by atoms with Crippen LogP contribution in [-0.2, 0) is 4.79 Å². The molecule has 1 aliphatic heterocycles. The first-order valence-corrected chi connectivity index (χ1v) is 10.5. The Balaban J connectivity index is 1.64. The molecule has 8 nitrogen and oxygen atoms in total. The van der Waals surface area contributed by atoms with Crippen LogP contribution in [-0.4, -0.2) is 58.4 Å². The lowest BCUT2D eigenvalue weighted by Gasteiger charge is -2.30. The highest BCUT2D eigenvalue weighted by Crippen LogP contribution is 2.28. The summed E-state index contributed by atoms with van der Waals surface area (Å²) in [6, 6.07) is 8.16. The zero-order valence-corrected chi connectivity index (χ0v) is 17.9. The van der Waals surface area contributed by atoms with E-state index in [2.05, 4.69) is 10.3 Å². The average molecular weight is 474 g/mol. The summed E-state index contributed by atoms with van der Waals surface area (Å²) in [6.45, 7) is -0.941. The molecule has 3 aromatic rings. The standard InChI is InChI=1S/C23H21F3N4O4/c24-23(25,26)12-29-17-9-18(21(31)30-7-5-13(6-8-30)22(32)33)28-10-15(17)20(27)16-11-34-19-4-2-1-3-14(16)19/h1-4,9-11,13,27H,5-8,12H2,(H,28,29)(H,32,33). The molecular weight excluding hydrogens is 453 g/mol. The van der Waals surface area contributed by atoms with Gasteiger partial charge in [0.25, 0.3) is 5.91 Å². The van der Waals surface area contributed by atoms with E-state index in [1.54, 1.807) is 24.3 Å². The molecule has 178 valence electrons. The molecule has 34 heavy (non-hydrogen) atoms. The smallest absolute Gasteiger partial charge is 0.405 e. The third kappa shape index (κ3) is 4.87. The van der Waals surface area contributed by atoms with Crippen LogP contribution in [0.2, 0.25) is 0 Å². The minimum atomic E-state index is -4.52. The Labute approximate surface area is 191 Å². The van der Waals surface area contributed by atoms with Crippen LogP contribution in [0.3, 0.4) is 0 Å². The number of benzene rings is 1. The number of pyridine rings is 1. The number of aliphatic carboxylic acids is 1. The molecule has 0 spiro atoms. The summed E-state index contributed by atoms with van der Waals surface area (Å²) in [6.07, 6.45) is -1.40. The predicted molar refractivity (Wildman–Crippen MR) is 117 cm³/mol.